The highest BCUT2D eigenvalue weighted by Crippen LogP contribution is 2.53. The standard InChI is InChI=1S/C24H22F3NO4/c1-14(2)22(29)32-21-9-8-20(23(21,3)24(25,26)27)30-17-7-6-15-11-18(31-19(15)12-17)16-5-4-10-28-13-16/h4-7,10-13,20-21H,1,8-9H2,2-3H3. The number of furan rings is 1. The molecule has 0 N–H and O–H groups in total. The van der Waals surface area contributed by atoms with E-state index in [0.717, 1.165) is 17.9 Å². The van der Waals surface area contributed by atoms with E-state index < -0.39 is 29.8 Å². The number of aromatic nitrogens is 1. The van der Waals surface area contributed by atoms with E-state index in [-0.39, 0.29) is 24.2 Å². The molecule has 1 saturated carbocycles. The molecule has 1 aliphatic carbocycles. The molecule has 1 fully saturated rings. The van der Waals surface area contributed by atoms with Crippen molar-refractivity contribution in [1.82, 2.24) is 4.98 Å². The zero-order chi connectivity index (χ0) is 23.1. The van der Waals surface area contributed by atoms with Gasteiger partial charge in [0.1, 0.15) is 34.7 Å². The number of hydrogen-bond acceptors (Lipinski definition) is 5. The van der Waals surface area contributed by atoms with Crippen molar-refractivity contribution in [1.29, 1.82) is 0 Å². The molecule has 5 nitrogen and oxygen atoms in total. The molecule has 2 aromatic heterocycles. The summed E-state index contributed by atoms with van der Waals surface area (Å²) in [6.45, 7) is 5.88. The molecule has 4 rings (SSSR count). The quantitative estimate of drug-likeness (QED) is 0.351. The molecule has 0 aliphatic heterocycles. The van der Waals surface area contributed by atoms with Crippen LogP contribution in [0.5, 0.6) is 5.75 Å². The Morgan fingerprint density at radius 1 is 1.22 bits per heavy atom. The third kappa shape index (κ3) is 3.85. The van der Waals surface area contributed by atoms with E-state index in [2.05, 4.69) is 11.6 Å². The fourth-order valence-corrected chi connectivity index (χ4v) is 3.97. The first-order chi connectivity index (χ1) is 15.1. The number of benzene rings is 1. The van der Waals surface area contributed by atoms with Gasteiger partial charge in [0.2, 0.25) is 0 Å². The number of fused-ring (bicyclic) bond motifs is 1. The lowest BCUT2D eigenvalue weighted by molar-refractivity contribution is -0.262. The van der Waals surface area contributed by atoms with Gasteiger partial charge in [-0.1, -0.05) is 6.58 Å². The van der Waals surface area contributed by atoms with E-state index in [0.29, 0.717) is 11.3 Å². The van der Waals surface area contributed by atoms with Crippen molar-refractivity contribution >= 4 is 16.9 Å². The molecule has 0 amide bonds. The predicted octanol–water partition coefficient (Wildman–Crippen LogP) is 6.09. The Bertz CT molecular complexity index is 1160. The van der Waals surface area contributed by atoms with E-state index >= 15 is 0 Å². The number of hydrogen-bond donors (Lipinski definition) is 0. The molecule has 32 heavy (non-hydrogen) atoms. The molecule has 0 spiro atoms. The van der Waals surface area contributed by atoms with Crippen molar-refractivity contribution in [2.75, 3.05) is 0 Å². The van der Waals surface area contributed by atoms with Gasteiger partial charge < -0.3 is 13.9 Å². The number of nitrogens with zero attached hydrogens (tertiary/aromatic N) is 1. The zero-order valence-corrected chi connectivity index (χ0v) is 17.6. The maximum atomic E-state index is 14.1. The van der Waals surface area contributed by atoms with E-state index in [4.69, 9.17) is 13.9 Å². The molecule has 3 unspecified atom stereocenters. The number of alkyl halides is 3. The van der Waals surface area contributed by atoms with Crippen molar-refractivity contribution in [2.45, 2.75) is 45.1 Å². The molecular formula is C24H22F3NO4. The minimum atomic E-state index is -4.64. The van der Waals surface area contributed by atoms with Crippen LogP contribution in [0.4, 0.5) is 13.2 Å². The van der Waals surface area contributed by atoms with Gasteiger partial charge in [0, 0.05) is 35.0 Å². The highest BCUT2D eigenvalue weighted by molar-refractivity contribution is 5.87. The SMILES string of the molecule is C=C(C)C(=O)OC1CCC(Oc2ccc3cc(-c4cccnc4)oc3c2)C1(C)C(F)(F)F. The van der Waals surface area contributed by atoms with E-state index in [9.17, 15) is 18.0 Å². The second kappa shape index (κ2) is 8.00. The van der Waals surface area contributed by atoms with Gasteiger partial charge in [-0.2, -0.15) is 13.2 Å². The van der Waals surface area contributed by atoms with Crippen molar-refractivity contribution in [3.8, 4) is 17.1 Å². The minimum Gasteiger partial charge on any atom is -0.489 e. The number of pyridine rings is 1. The topological polar surface area (TPSA) is 61.6 Å². The average molecular weight is 445 g/mol. The molecule has 2 heterocycles. The van der Waals surface area contributed by atoms with Gasteiger partial charge in [-0.05, 0) is 57.0 Å². The second-order valence-corrected chi connectivity index (χ2v) is 8.19. The van der Waals surface area contributed by atoms with Gasteiger partial charge in [-0.15, -0.1) is 0 Å². The molecule has 1 aromatic carbocycles. The zero-order valence-electron chi connectivity index (χ0n) is 17.6. The van der Waals surface area contributed by atoms with Gasteiger partial charge in [0.25, 0.3) is 0 Å². The predicted molar refractivity (Wildman–Crippen MR) is 112 cm³/mol. The number of halogens is 3. The minimum absolute atomic E-state index is 0.0356. The van der Waals surface area contributed by atoms with E-state index in [1.165, 1.54) is 6.92 Å². The highest BCUT2D eigenvalue weighted by atomic mass is 19.4. The van der Waals surface area contributed by atoms with Crippen molar-refractivity contribution in [3.05, 3.63) is 60.9 Å². The van der Waals surface area contributed by atoms with Crippen LogP contribution >= 0.6 is 0 Å². The largest absolute Gasteiger partial charge is 0.489 e. The maximum Gasteiger partial charge on any atom is 0.401 e. The lowest BCUT2D eigenvalue weighted by Gasteiger charge is -2.37. The summed E-state index contributed by atoms with van der Waals surface area (Å²) in [5.74, 6) is 0.000943. The van der Waals surface area contributed by atoms with Gasteiger partial charge in [-0.25, -0.2) is 4.79 Å². The molecule has 0 bridgehead atoms. The molecule has 0 saturated heterocycles. The fourth-order valence-electron chi connectivity index (χ4n) is 3.97. The Balaban J connectivity index is 1.60. The third-order valence-corrected chi connectivity index (χ3v) is 5.95. The second-order valence-electron chi connectivity index (χ2n) is 8.19. The smallest absolute Gasteiger partial charge is 0.401 e. The van der Waals surface area contributed by atoms with Gasteiger partial charge in [0.05, 0.1) is 0 Å². The van der Waals surface area contributed by atoms with Gasteiger partial charge in [-0.3, -0.25) is 4.98 Å². The summed E-state index contributed by atoms with van der Waals surface area (Å²) < 4.78 is 59.2. The van der Waals surface area contributed by atoms with Crippen LogP contribution in [0.3, 0.4) is 0 Å². The molecule has 168 valence electrons. The number of carbonyl (C=O) groups is 1. The van der Waals surface area contributed by atoms with Crippen LogP contribution < -0.4 is 4.74 Å². The van der Waals surface area contributed by atoms with Gasteiger partial charge >= 0.3 is 12.1 Å². The van der Waals surface area contributed by atoms with Crippen LogP contribution in [0.25, 0.3) is 22.3 Å². The van der Waals surface area contributed by atoms with Crippen LogP contribution in [-0.2, 0) is 9.53 Å². The van der Waals surface area contributed by atoms with Crippen molar-refractivity contribution < 1.29 is 31.9 Å². The lowest BCUT2D eigenvalue weighted by Crippen LogP contribution is -2.51. The van der Waals surface area contributed by atoms with Crippen molar-refractivity contribution in [2.24, 2.45) is 5.41 Å². The summed E-state index contributed by atoms with van der Waals surface area (Å²) in [5, 5.41) is 0.787. The molecule has 8 heteroatoms. The summed E-state index contributed by atoms with van der Waals surface area (Å²) in [5.41, 5.74) is -1.05. The average Bonchev–Trinajstić information content (AvgIpc) is 3.31. The fraction of sp³-hybridized carbons (Fsp3) is 0.333. The normalized spacial score (nSPS) is 23.3. The number of rotatable bonds is 5. The number of esters is 1. The summed E-state index contributed by atoms with van der Waals surface area (Å²) in [7, 11) is 0. The van der Waals surface area contributed by atoms with Crippen molar-refractivity contribution in [3.63, 3.8) is 0 Å². The molecule has 3 aromatic rings. The number of carbonyl (C=O) groups excluding carboxylic acids is 1. The number of ether oxygens (including phenoxy) is 2. The van der Waals surface area contributed by atoms with Crippen LogP contribution in [0.1, 0.15) is 26.7 Å². The Labute approximate surface area is 182 Å². The summed E-state index contributed by atoms with van der Waals surface area (Å²) in [6, 6.07) is 10.4. The molecule has 3 atom stereocenters. The van der Waals surface area contributed by atoms with Crippen LogP contribution in [0.15, 0.2) is 65.4 Å². The van der Waals surface area contributed by atoms with E-state index in [1.54, 1.807) is 36.7 Å². The van der Waals surface area contributed by atoms with Crippen LogP contribution in [-0.4, -0.2) is 29.3 Å². The monoisotopic (exact) mass is 445 g/mol. The van der Waals surface area contributed by atoms with Crippen LogP contribution in [0, 0.1) is 5.41 Å². The first-order valence-corrected chi connectivity index (χ1v) is 10.1. The Hall–Kier alpha value is -3.29. The highest BCUT2D eigenvalue weighted by Gasteiger charge is 2.66. The van der Waals surface area contributed by atoms with Gasteiger partial charge in [0.15, 0.2) is 0 Å². The third-order valence-electron chi connectivity index (χ3n) is 5.95. The molecule has 1 aliphatic rings. The first-order valence-electron chi connectivity index (χ1n) is 10.1. The first kappa shape index (κ1) is 21.9. The summed E-state index contributed by atoms with van der Waals surface area (Å²) in [4.78, 5) is 16.0. The summed E-state index contributed by atoms with van der Waals surface area (Å²) >= 11 is 0. The van der Waals surface area contributed by atoms with Crippen LogP contribution in [0.2, 0.25) is 0 Å². The van der Waals surface area contributed by atoms with E-state index in [1.807, 2.05) is 12.1 Å². The Kier molecular flexibility index (Phi) is 5.48. The summed E-state index contributed by atoms with van der Waals surface area (Å²) in [6.07, 6.45) is -3.80. The lowest BCUT2D eigenvalue weighted by atomic mass is 9.83. The molecule has 0 radical (unpaired) electrons. The Morgan fingerprint density at radius 2 is 1.97 bits per heavy atom. The molecular weight excluding hydrogens is 423 g/mol. The maximum absolute atomic E-state index is 14.1. The Morgan fingerprint density at radius 3 is 2.62 bits per heavy atom.